The van der Waals surface area contributed by atoms with Crippen LogP contribution < -0.4 is 11.5 Å². The molecule has 24 heavy (non-hydrogen) atoms. The summed E-state index contributed by atoms with van der Waals surface area (Å²) in [6, 6.07) is -0.973. The third kappa shape index (κ3) is 6.16. The summed E-state index contributed by atoms with van der Waals surface area (Å²) >= 11 is 0.411. The second-order valence-corrected chi connectivity index (χ2v) is 8.83. The first-order valence-electron chi connectivity index (χ1n) is 8.12. The van der Waals surface area contributed by atoms with Crippen molar-refractivity contribution in [2.75, 3.05) is 0 Å². The molecule has 0 aromatic carbocycles. The Morgan fingerprint density at radius 3 is 2.12 bits per heavy atom. The zero-order valence-corrected chi connectivity index (χ0v) is 17.0. The molecule has 140 valence electrons. The van der Waals surface area contributed by atoms with Crippen LogP contribution in [0.4, 0.5) is 0 Å². The molecule has 0 aliphatic carbocycles. The first kappa shape index (κ1) is 23.0. The molecule has 2 amide bonds. The van der Waals surface area contributed by atoms with E-state index in [2.05, 4.69) is 5.82 Å². The Bertz CT molecular complexity index is 457. The first-order valence-corrected chi connectivity index (χ1v) is 11.0. The average Bonchev–Trinajstić information content (AvgIpc) is 2.45. The molecule has 0 saturated carbocycles. The Kier molecular flexibility index (Phi) is 9.73. The molecule has 0 rings (SSSR count). The van der Waals surface area contributed by atoms with Gasteiger partial charge in [-0.05, 0) is 0 Å². The third-order valence-electron chi connectivity index (χ3n) is 3.70. The fraction of sp³-hybridized carbons (Fsp3) is 0.812. The molecule has 0 aromatic heterocycles. The van der Waals surface area contributed by atoms with Crippen molar-refractivity contribution in [3.8, 4) is 0 Å². The SMILES string of the molecule is C[Se]CCCC(=O)N(C(=O)[C@@H](N)C(C)C)[C@@](N)(CC(C)C)C(=O)O. The van der Waals surface area contributed by atoms with E-state index in [1.165, 1.54) is 0 Å². The molecule has 0 saturated heterocycles. The maximum absolute atomic E-state index is 12.7. The number of hydrogen-bond acceptors (Lipinski definition) is 5. The first-order chi connectivity index (χ1) is 11.0. The van der Waals surface area contributed by atoms with Crippen molar-refractivity contribution in [2.24, 2.45) is 23.3 Å². The van der Waals surface area contributed by atoms with Crippen LogP contribution in [0.1, 0.15) is 47.0 Å². The van der Waals surface area contributed by atoms with E-state index in [9.17, 15) is 19.5 Å². The van der Waals surface area contributed by atoms with Gasteiger partial charge in [-0.15, -0.1) is 0 Å². The molecular formula is C16H31N3O4Se. The van der Waals surface area contributed by atoms with Crippen LogP contribution in [0.25, 0.3) is 0 Å². The van der Waals surface area contributed by atoms with Gasteiger partial charge in [0, 0.05) is 0 Å². The Morgan fingerprint density at radius 1 is 1.21 bits per heavy atom. The van der Waals surface area contributed by atoms with Gasteiger partial charge in [-0.2, -0.15) is 0 Å². The van der Waals surface area contributed by atoms with Gasteiger partial charge in [-0.3, -0.25) is 0 Å². The number of hydrogen-bond donors (Lipinski definition) is 3. The molecule has 2 atom stereocenters. The van der Waals surface area contributed by atoms with E-state index in [4.69, 9.17) is 11.5 Å². The van der Waals surface area contributed by atoms with E-state index in [-0.39, 0.29) is 24.7 Å². The molecular weight excluding hydrogens is 377 g/mol. The fourth-order valence-corrected chi connectivity index (χ4v) is 3.26. The van der Waals surface area contributed by atoms with E-state index in [1.807, 2.05) is 0 Å². The van der Waals surface area contributed by atoms with E-state index >= 15 is 0 Å². The number of nitrogens with two attached hydrogens (primary N) is 2. The van der Waals surface area contributed by atoms with Gasteiger partial charge in [-0.25, -0.2) is 0 Å². The summed E-state index contributed by atoms with van der Waals surface area (Å²) in [5, 5.41) is 10.5. The molecule has 0 heterocycles. The van der Waals surface area contributed by atoms with Crippen LogP contribution in [0.3, 0.4) is 0 Å². The van der Waals surface area contributed by atoms with E-state index in [1.54, 1.807) is 27.7 Å². The summed E-state index contributed by atoms with van der Waals surface area (Å²) in [5.41, 5.74) is 9.88. The van der Waals surface area contributed by atoms with Gasteiger partial charge >= 0.3 is 150 Å². The molecule has 0 unspecified atom stereocenters. The third-order valence-corrected chi connectivity index (χ3v) is 5.16. The van der Waals surface area contributed by atoms with Gasteiger partial charge < -0.3 is 0 Å². The zero-order chi connectivity index (χ0) is 19.1. The Morgan fingerprint density at radius 2 is 1.75 bits per heavy atom. The van der Waals surface area contributed by atoms with Crippen molar-refractivity contribution in [1.29, 1.82) is 0 Å². The molecule has 8 heteroatoms. The van der Waals surface area contributed by atoms with Gasteiger partial charge in [0.15, 0.2) is 0 Å². The number of imide groups is 1. The number of carboxylic acids is 1. The minimum absolute atomic E-state index is 0.0255. The molecule has 0 aromatic rings. The van der Waals surface area contributed by atoms with Crippen LogP contribution in [-0.4, -0.2) is 54.5 Å². The van der Waals surface area contributed by atoms with Crippen molar-refractivity contribution in [3.63, 3.8) is 0 Å². The van der Waals surface area contributed by atoms with Crippen molar-refractivity contribution in [3.05, 3.63) is 0 Å². The van der Waals surface area contributed by atoms with Gasteiger partial charge in [0.1, 0.15) is 0 Å². The summed E-state index contributed by atoms with van der Waals surface area (Å²) in [6.07, 6.45) is 0.673. The normalized spacial score (nSPS) is 15.2. The second-order valence-electron chi connectivity index (χ2n) is 6.76. The van der Waals surface area contributed by atoms with E-state index < -0.39 is 29.5 Å². The molecule has 0 spiro atoms. The maximum atomic E-state index is 12.7. The number of carbonyl (C=O) groups excluding carboxylic acids is 2. The standard InChI is InChI=1S/C16H31N3O4Se/c1-10(2)9-16(18,15(22)23)19(12(20)7-6-8-24-5)14(21)13(17)11(3)4/h10-11,13H,6-9,17-18H2,1-5H3,(H,22,23)/t13-,16-/m0/s1. The quantitative estimate of drug-likeness (QED) is 0.282. The van der Waals surface area contributed by atoms with Crippen molar-refractivity contribution < 1.29 is 19.5 Å². The minimum atomic E-state index is -2.08. The number of carbonyl (C=O) groups is 3. The Labute approximate surface area is 150 Å². The van der Waals surface area contributed by atoms with E-state index in [0.29, 0.717) is 26.3 Å². The summed E-state index contributed by atoms with van der Waals surface area (Å²) in [5.74, 6) is -0.965. The number of amides is 2. The van der Waals surface area contributed by atoms with Crippen LogP contribution >= 0.6 is 0 Å². The van der Waals surface area contributed by atoms with Gasteiger partial charge in [-0.1, -0.05) is 0 Å². The number of carboxylic acid groups (broad SMARTS) is 1. The molecule has 0 aliphatic rings. The molecule has 0 bridgehead atoms. The molecule has 0 aliphatic heterocycles. The molecule has 7 nitrogen and oxygen atoms in total. The molecule has 5 N–H and O–H groups in total. The van der Waals surface area contributed by atoms with Gasteiger partial charge in [0.2, 0.25) is 0 Å². The van der Waals surface area contributed by atoms with Crippen LogP contribution in [0.15, 0.2) is 0 Å². The fourth-order valence-electron chi connectivity index (χ4n) is 2.35. The topological polar surface area (TPSA) is 127 Å². The van der Waals surface area contributed by atoms with Gasteiger partial charge in [0.05, 0.1) is 0 Å². The van der Waals surface area contributed by atoms with Crippen molar-refractivity contribution in [2.45, 2.75) is 69.8 Å². The summed E-state index contributed by atoms with van der Waals surface area (Å²) in [4.78, 5) is 37.9. The average molecular weight is 408 g/mol. The van der Waals surface area contributed by atoms with Gasteiger partial charge in [0.25, 0.3) is 0 Å². The van der Waals surface area contributed by atoms with Crippen LogP contribution in [-0.2, 0) is 14.4 Å². The van der Waals surface area contributed by atoms with E-state index in [0.717, 1.165) is 5.32 Å². The van der Waals surface area contributed by atoms with Crippen molar-refractivity contribution in [1.82, 2.24) is 4.90 Å². The predicted molar refractivity (Wildman–Crippen MR) is 94.3 cm³/mol. The summed E-state index contributed by atoms with van der Waals surface area (Å²) < 4.78 is 0. The predicted octanol–water partition coefficient (Wildman–Crippen LogP) is 1.06. The number of nitrogens with zero attached hydrogens (tertiary/aromatic N) is 1. The monoisotopic (exact) mass is 409 g/mol. The Hall–Kier alpha value is -0.951. The number of aliphatic carboxylic acids is 1. The molecule has 0 radical (unpaired) electrons. The summed E-state index contributed by atoms with van der Waals surface area (Å²) in [6.45, 7) is 7.07. The molecule has 0 fully saturated rings. The van der Waals surface area contributed by atoms with Crippen LogP contribution in [0, 0.1) is 11.8 Å². The van der Waals surface area contributed by atoms with Crippen LogP contribution in [0.2, 0.25) is 11.1 Å². The zero-order valence-electron chi connectivity index (χ0n) is 15.2. The summed E-state index contributed by atoms with van der Waals surface area (Å²) in [7, 11) is 0. The van der Waals surface area contributed by atoms with Crippen LogP contribution in [0.5, 0.6) is 0 Å². The Balaban J connectivity index is 5.77. The second kappa shape index (κ2) is 10.1. The van der Waals surface area contributed by atoms with Crippen molar-refractivity contribution >= 4 is 32.7 Å². The number of rotatable bonds is 10.